The van der Waals surface area contributed by atoms with Crippen molar-refractivity contribution in [1.82, 2.24) is 0 Å². The number of hydrogen-bond acceptors (Lipinski definition) is 2. The smallest absolute Gasteiger partial charge is 0.146 e. The third-order valence-corrected chi connectivity index (χ3v) is 6.43. The predicted molar refractivity (Wildman–Crippen MR) is 141 cm³/mol. The van der Waals surface area contributed by atoms with Gasteiger partial charge in [0.25, 0.3) is 0 Å². The van der Waals surface area contributed by atoms with E-state index in [0.29, 0.717) is 11.4 Å². The third kappa shape index (κ3) is 5.41. The highest BCUT2D eigenvalue weighted by atomic mass is 127. The van der Waals surface area contributed by atoms with E-state index in [1.807, 2.05) is 36.4 Å². The number of carbonyl (C=O) groups excluding carboxylic acids is 1. The molecule has 4 aromatic rings. The average molecular weight is 547 g/mol. The average Bonchev–Trinajstić information content (AvgIpc) is 2.84. The van der Waals surface area contributed by atoms with Gasteiger partial charge in [0.2, 0.25) is 0 Å². The van der Waals surface area contributed by atoms with Gasteiger partial charge in [-0.3, -0.25) is 0 Å². The van der Waals surface area contributed by atoms with Crippen LogP contribution in [0.1, 0.15) is 34.1 Å². The fraction of sp³-hybridized carbons (Fsp3) is 0.103. The highest BCUT2D eigenvalue weighted by Crippen LogP contribution is 2.43. The molecule has 0 spiro atoms. The van der Waals surface area contributed by atoms with Crippen molar-refractivity contribution in [2.45, 2.75) is 18.8 Å². The molecule has 33 heavy (non-hydrogen) atoms. The van der Waals surface area contributed by atoms with Crippen LogP contribution in [0, 0.1) is 16.3 Å². The molecule has 0 bridgehead atoms. The maximum atomic E-state index is 13.5. The minimum atomic E-state index is -0.325. The van der Waals surface area contributed by atoms with Crippen LogP contribution in [-0.2, 0) is 4.79 Å². The van der Waals surface area contributed by atoms with Gasteiger partial charge in [0, 0.05) is 21.1 Å². The van der Waals surface area contributed by atoms with Gasteiger partial charge in [-0.1, -0.05) is 66.7 Å². The van der Waals surface area contributed by atoms with Gasteiger partial charge < -0.3 is 5.32 Å². The monoisotopic (exact) mass is 547 g/mol. The van der Waals surface area contributed by atoms with Crippen LogP contribution in [0.15, 0.2) is 109 Å². The number of halogens is 2. The van der Waals surface area contributed by atoms with Crippen molar-refractivity contribution in [2.75, 3.05) is 5.32 Å². The second-order valence-electron chi connectivity index (χ2n) is 7.93. The Labute approximate surface area is 207 Å². The van der Waals surface area contributed by atoms with Gasteiger partial charge in [-0.15, -0.1) is 0 Å². The van der Waals surface area contributed by atoms with Gasteiger partial charge >= 0.3 is 0 Å². The maximum Gasteiger partial charge on any atom is 0.146 e. The minimum Gasteiger partial charge on any atom is -0.349 e. The van der Waals surface area contributed by atoms with E-state index < -0.39 is 0 Å². The summed E-state index contributed by atoms with van der Waals surface area (Å²) in [5.74, 6) is 1.41. The lowest BCUT2D eigenvalue weighted by molar-refractivity contribution is 0.562. The van der Waals surface area contributed by atoms with Gasteiger partial charge in [-0.05, 0) is 88.2 Å². The summed E-state index contributed by atoms with van der Waals surface area (Å²) in [6, 6.07) is 32.7. The first kappa shape index (κ1) is 23.0. The minimum absolute atomic E-state index is 0.129. The lowest BCUT2D eigenvalue weighted by Gasteiger charge is -2.31. The van der Waals surface area contributed by atoms with Crippen molar-refractivity contribution in [3.8, 4) is 0 Å². The number of nitrogens with one attached hydrogen (secondary N) is 1. The summed E-state index contributed by atoms with van der Waals surface area (Å²) in [4.78, 5) is 12.4. The van der Waals surface area contributed by atoms with Crippen molar-refractivity contribution >= 4 is 34.2 Å². The molecule has 0 amide bonds. The molecule has 2 nitrogen and oxygen atoms in total. The first-order chi connectivity index (χ1) is 16.1. The summed E-state index contributed by atoms with van der Waals surface area (Å²) in [6.45, 7) is 2.07. The number of rotatable bonds is 7. The molecule has 164 valence electrons. The molecule has 4 rings (SSSR count). The molecule has 0 aromatic heterocycles. The SMILES string of the molecule is Cc1cc(I)ccc1C(C(=C=O)Nc1ccc(F)cc1)C(c1ccccc1)c1ccccc1. The number of hydrogen-bond donors (Lipinski definition) is 1. The fourth-order valence-electron chi connectivity index (χ4n) is 4.24. The van der Waals surface area contributed by atoms with E-state index in [9.17, 15) is 9.18 Å². The highest BCUT2D eigenvalue weighted by molar-refractivity contribution is 14.1. The molecule has 1 atom stereocenters. The van der Waals surface area contributed by atoms with Crippen molar-refractivity contribution < 1.29 is 9.18 Å². The molecule has 0 radical (unpaired) electrons. The molecule has 0 aliphatic heterocycles. The van der Waals surface area contributed by atoms with E-state index in [4.69, 9.17) is 0 Å². The summed E-state index contributed by atoms with van der Waals surface area (Å²) in [5.41, 5.74) is 5.38. The lowest BCUT2D eigenvalue weighted by Crippen LogP contribution is -2.21. The Hall–Kier alpha value is -3.21. The molecule has 0 aliphatic rings. The Bertz CT molecular complexity index is 1230. The van der Waals surface area contributed by atoms with Crippen LogP contribution in [0.2, 0.25) is 0 Å². The van der Waals surface area contributed by atoms with Crippen molar-refractivity contribution in [1.29, 1.82) is 0 Å². The molecule has 0 fully saturated rings. The second kappa shape index (κ2) is 10.6. The number of benzene rings is 4. The predicted octanol–water partition coefficient (Wildman–Crippen LogP) is 7.48. The Kier molecular flexibility index (Phi) is 7.38. The lowest BCUT2D eigenvalue weighted by atomic mass is 9.74. The van der Waals surface area contributed by atoms with Crippen LogP contribution < -0.4 is 5.32 Å². The van der Waals surface area contributed by atoms with Gasteiger partial charge in [0.05, 0.1) is 0 Å². The Morgan fingerprint density at radius 2 is 1.42 bits per heavy atom. The van der Waals surface area contributed by atoms with Gasteiger partial charge in [0.1, 0.15) is 17.5 Å². The van der Waals surface area contributed by atoms with Crippen LogP contribution in [0.25, 0.3) is 0 Å². The molecule has 0 heterocycles. The first-order valence-corrected chi connectivity index (χ1v) is 11.8. The topological polar surface area (TPSA) is 29.1 Å². The van der Waals surface area contributed by atoms with Crippen molar-refractivity contribution in [3.05, 3.63) is 140 Å². The molecular formula is C29H23FINO. The van der Waals surface area contributed by atoms with Crippen molar-refractivity contribution in [3.63, 3.8) is 0 Å². The van der Waals surface area contributed by atoms with Gasteiger partial charge in [-0.2, -0.15) is 0 Å². The zero-order valence-corrected chi connectivity index (χ0v) is 20.3. The van der Waals surface area contributed by atoms with Crippen LogP contribution in [0.3, 0.4) is 0 Å². The first-order valence-electron chi connectivity index (χ1n) is 10.7. The molecule has 0 saturated heterocycles. The van der Waals surface area contributed by atoms with Crippen LogP contribution in [0.4, 0.5) is 10.1 Å². The van der Waals surface area contributed by atoms with E-state index in [0.717, 1.165) is 25.8 Å². The van der Waals surface area contributed by atoms with E-state index >= 15 is 0 Å². The molecule has 4 heteroatoms. The summed E-state index contributed by atoms with van der Waals surface area (Å²) < 4.78 is 14.6. The van der Waals surface area contributed by atoms with Crippen LogP contribution in [-0.4, -0.2) is 5.94 Å². The molecule has 1 unspecified atom stereocenters. The van der Waals surface area contributed by atoms with E-state index in [1.54, 1.807) is 12.1 Å². The third-order valence-electron chi connectivity index (χ3n) is 5.76. The Morgan fingerprint density at radius 1 is 0.848 bits per heavy atom. The summed E-state index contributed by atoms with van der Waals surface area (Å²) in [5, 5.41) is 3.24. The molecule has 1 N–H and O–H groups in total. The van der Waals surface area contributed by atoms with E-state index in [-0.39, 0.29) is 17.7 Å². The number of anilines is 1. The van der Waals surface area contributed by atoms with Crippen LogP contribution in [0.5, 0.6) is 0 Å². The Morgan fingerprint density at radius 3 is 1.94 bits per heavy atom. The number of allylic oxidation sites excluding steroid dienone is 1. The summed E-state index contributed by atoms with van der Waals surface area (Å²) >= 11 is 2.30. The summed E-state index contributed by atoms with van der Waals surface area (Å²) in [6.07, 6.45) is 0. The van der Waals surface area contributed by atoms with Gasteiger partial charge in [0.15, 0.2) is 0 Å². The maximum absolute atomic E-state index is 13.5. The van der Waals surface area contributed by atoms with Crippen molar-refractivity contribution in [2.24, 2.45) is 0 Å². The molecule has 0 aliphatic carbocycles. The summed E-state index contributed by atoms with van der Waals surface area (Å²) in [7, 11) is 0. The van der Waals surface area contributed by atoms with E-state index in [1.165, 1.54) is 12.1 Å². The molecule has 0 saturated carbocycles. The van der Waals surface area contributed by atoms with Gasteiger partial charge in [-0.25, -0.2) is 9.18 Å². The standard InChI is InChI=1S/C29H23FINO/c1-20-18-24(31)14-17-26(20)29(27(19-33)32-25-15-12-23(30)13-16-25)28(21-8-4-2-5-9-21)22-10-6-3-7-11-22/h2-18,28-29,32H,1H3. The normalized spacial score (nSPS) is 11.6. The highest BCUT2D eigenvalue weighted by Gasteiger charge is 2.32. The fourth-order valence-corrected chi connectivity index (χ4v) is 4.89. The zero-order chi connectivity index (χ0) is 23.2. The number of aryl methyl sites for hydroxylation is 1. The largest absolute Gasteiger partial charge is 0.349 e. The second-order valence-corrected chi connectivity index (χ2v) is 9.17. The quantitative estimate of drug-likeness (QED) is 0.192. The Balaban J connectivity index is 1.91. The molecule has 4 aromatic carbocycles. The zero-order valence-electron chi connectivity index (χ0n) is 18.1. The molecular weight excluding hydrogens is 524 g/mol. The van der Waals surface area contributed by atoms with E-state index in [2.05, 4.69) is 83.2 Å². The van der Waals surface area contributed by atoms with Crippen LogP contribution >= 0.6 is 22.6 Å².